The van der Waals surface area contributed by atoms with Crippen LogP contribution in [0.15, 0.2) is 10.7 Å². The first-order chi connectivity index (χ1) is 7.30. The minimum atomic E-state index is -2.97. The van der Waals surface area contributed by atoms with E-state index in [1.54, 1.807) is 0 Å². The maximum atomic E-state index is 11.5. The summed E-state index contributed by atoms with van der Waals surface area (Å²) in [5.74, 6) is 0.417. The van der Waals surface area contributed by atoms with Gasteiger partial charge in [0, 0.05) is 0 Å². The summed E-state index contributed by atoms with van der Waals surface area (Å²) in [4.78, 5) is 1.46. The quantitative estimate of drug-likeness (QED) is 0.619. The molecule has 7 nitrogen and oxygen atoms in total. The fourth-order valence-corrected chi connectivity index (χ4v) is 3.78. The van der Waals surface area contributed by atoms with Crippen molar-refractivity contribution in [3.8, 4) is 0 Å². The number of hydrogen-bond donors (Lipinski definition) is 1. The third kappa shape index (κ3) is 1.97. The molecule has 1 aromatic rings. The van der Waals surface area contributed by atoms with Gasteiger partial charge >= 0.3 is 0 Å². The second-order valence-corrected chi connectivity index (χ2v) is 6.74. The highest BCUT2D eigenvalue weighted by atomic mass is 32.2. The number of nitrogen functional groups attached to an aromatic ring is 1. The number of sulfone groups is 1. The zero-order valence-corrected chi connectivity index (χ0v) is 10.1. The van der Waals surface area contributed by atoms with Crippen LogP contribution in [0.5, 0.6) is 0 Å². The molecule has 0 aliphatic carbocycles. The highest BCUT2D eigenvalue weighted by molar-refractivity contribution is 7.91. The maximum absolute atomic E-state index is 11.5. The van der Waals surface area contributed by atoms with Crippen molar-refractivity contribution in [3.05, 3.63) is 6.20 Å². The molecular formula is C8H15N4O3S+. The van der Waals surface area contributed by atoms with Crippen LogP contribution >= 0.6 is 0 Å². The topological polar surface area (TPSA) is 93.3 Å². The van der Waals surface area contributed by atoms with Crippen LogP contribution in [-0.4, -0.2) is 37.3 Å². The molecule has 8 heteroatoms. The fourth-order valence-electron chi connectivity index (χ4n) is 1.96. The van der Waals surface area contributed by atoms with E-state index in [1.165, 1.54) is 11.0 Å². The predicted octanol–water partition coefficient (Wildman–Crippen LogP) is -1.31. The molecule has 0 bridgehead atoms. The first-order valence-electron chi connectivity index (χ1n) is 4.93. The van der Waals surface area contributed by atoms with Crippen molar-refractivity contribution in [1.29, 1.82) is 0 Å². The molecule has 90 valence electrons. The predicted molar refractivity (Wildman–Crippen MR) is 56.9 cm³/mol. The average Bonchev–Trinajstić information content (AvgIpc) is 2.47. The van der Waals surface area contributed by atoms with Crippen molar-refractivity contribution in [2.45, 2.75) is 19.4 Å². The van der Waals surface area contributed by atoms with Crippen molar-refractivity contribution in [2.75, 3.05) is 28.8 Å². The molecule has 2 N–H and O–H groups in total. The van der Waals surface area contributed by atoms with Crippen LogP contribution in [-0.2, 0) is 9.84 Å². The summed E-state index contributed by atoms with van der Waals surface area (Å²) < 4.78 is 27.9. The molecule has 1 fully saturated rings. The summed E-state index contributed by atoms with van der Waals surface area (Å²) in [6.45, 7) is 4.08. The molecular weight excluding hydrogens is 232 g/mol. The van der Waals surface area contributed by atoms with Crippen LogP contribution < -0.4 is 15.5 Å². The van der Waals surface area contributed by atoms with Gasteiger partial charge in [-0.1, -0.05) is 0 Å². The third-order valence-electron chi connectivity index (χ3n) is 2.61. The summed E-state index contributed by atoms with van der Waals surface area (Å²) >= 11 is 0. The van der Waals surface area contributed by atoms with Crippen LogP contribution in [0, 0.1) is 0 Å². The van der Waals surface area contributed by atoms with E-state index in [2.05, 4.69) is 5.27 Å². The van der Waals surface area contributed by atoms with Gasteiger partial charge in [0.25, 0.3) is 12.1 Å². The lowest BCUT2D eigenvalue weighted by Gasteiger charge is -2.34. The monoisotopic (exact) mass is 247 g/mol. The van der Waals surface area contributed by atoms with E-state index in [0.717, 1.165) is 0 Å². The normalized spacial score (nSPS) is 23.2. The molecule has 0 unspecified atom stereocenters. The van der Waals surface area contributed by atoms with Gasteiger partial charge in [0.1, 0.15) is 5.54 Å². The Balaban J connectivity index is 2.30. The Labute approximate surface area is 93.7 Å². The van der Waals surface area contributed by atoms with Gasteiger partial charge in [-0.2, -0.15) is 0 Å². The summed E-state index contributed by atoms with van der Waals surface area (Å²) in [6, 6.07) is 0. The molecule has 1 saturated heterocycles. The lowest BCUT2D eigenvalue weighted by molar-refractivity contribution is -0.764. The largest absolute Gasteiger partial charge is 0.362 e. The van der Waals surface area contributed by atoms with Crippen LogP contribution in [0.4, 0.5) is 5.88 Å². The summed E-state index contributed by atoms with van der Waals surface area (Å²) in [6.07, 6.45) is 1.53. The first kappa shape index (κ1) is 11.2. The molecule has 1 aromatic heterocycles. The molecule has 0 aromatic carbocycles. The fraction of sp³-hybridized carbons (Fsp3) is 0.750. The number of rotatable bonds is 1. The molecule has 0 spiro atoms. The molecule has 0 saturated carbocycles. The smallest absolute Gasteiger partial charge is 0.296 e. The van der Waals surface area contributed by atoms with Crippen molar-refractivity contribution >= 4 is 15.7 Å². The number of hydrogen-bond acceptors (Lipinski definition) is 6. The molecule has 0 amide bonds. The van der Waals surface area contributed by atoms with Gasteiger partial charge in [0.2, 0.25) is 5.27 Å². The Kier molecular flexibility index (Phi) is 2.33. The third-order valence-corrected chi connectivity index (χ3v) is 4.56. The molecule has 2 rings (SSSR count). The van der Waals surface area contributed by atoms with Crippen LogP contribution in [0.25, 0.3) is 0 Å². The van der Waals surface area contributed by atoms with Gasteiger partial charge in [-0.25, -0.2) is 8.42 Å². The minimum Gasteiger partial charge on any atom is -0.362 e. The van der Waals surface area contributed by atoms with Gasteiger partial charge in [-0.15, -0.1) is 5.01 Å². The minimum absolute atomic E-state index is 0.0970. The molecule has 0 radical (unpaired) electrons. The van der Waals surface area contributed by atoms with Gasteiger partial charge in [0.15, 0.2) is 9.84 Å². The lowest BCUT2D eigenvalue weighted by Crippen LogP contribution is -2.72. The summed E-state index contributed by atoms with van der Waals surface area (Å²) in [5.41, 5.74) is 4.91. The SMILES string of the molecule is CC1(C)CS(=O)(=O)CCN1[n+]1cc(N)on1. The van der Waals surface area contributed by atoms with Crippen LogP contribution in [0.2, 0.25) is 0 Å². The Morgan fingerprint density at radius 3 is 2.81 bits per heavy atom. The number of nitrogens with two attached hydrogens (primary N) is 1. The van der Waals surface area contributed by atoms with E-state index < -0.39 is 15.4 Å². The van der Waals surface area contributed by atoms with E-state index in [1.807, 2.05) is 18.9 Å². The zero-order chi connectivity index (χ0) is 12.0. The molecule has 1 aliphatic rings. The summed E-state index contributed by atoms with van der Waals surface area (Å²) in [7, 11) is -2.97. The van der Waals surface area contributed by atoms with E-state index in [4.69, 9.17) is 10.3 Å². The number of nitrogens with zero attached hydrogens (tertiary/aromatic N) is 3. The van der Waals surface area contributed by atoms with Crippen molar-refractivity contribution in [3.63, 3.8) is 0 Å². The van der Waals surface area contributed by atoms with E-state index in [0.29, 0.717) is 6.54 Å². The Hall–Kier alpha value is -1.31. The van der Waals surface area contributed by atoms with E-state index in [9.17, 15) is 8.42 Å². The Bertz CT molecular complexity index is 493. The van der Waals surface area contributed by atoms with E-state index >= 15 is 0 Å². The van der Waals surface area contributed by atoms with Crippen molar-refractivity contribution < 1.29 is 17.7 Å². The lowest BCUT2D eigenvalue weighted by atomic mass is 10.1. The van der Waals surface area contributed by atoms with Crippen molar-refractivity contribution in [1.82, 2.24) is 5.27 Å². The van der Waals surface area contributed by atoms with Gasteiger partial charge in [-0.05, 0) is 13.8 Å². The van der Waals surface area contributed by atoms with Crippen molar-refractivity contribution in [2.24, 2.45) is 0 Å². The maximum Gasteiger partial charge on any atom is 0.296 e. The Morgan fingerprint density at radius 2 is 2.31 bits per heavy atom. The highest BCUT2D eigenvalue weighted by Crippen LogP contribution is 2.18. The molecule has 2 heterocycles. The van der Waals surface area contributed by atoms with Crippen LogP contribution in [0.3, 0.4) is 0 Å². The average molecular weight is 247 g/mol. The standard InChI is InChI=1S/C8H15N4O3S/c1-8(2)6-16(13,14)4-3-11(8)12-5-7(9)15-10-12/h5H,3-4,6,9H2,1-2H3/q+1. The molecule has 0 atom stereocenters. The van der Waals surface area contributed by atoms with Gasteiger partial charge in [0.05, 0.1) is 22.8 Å². The second-order valence-electron chi connectivity index (χ2n) is 4.55. The van der Waals surface area contributed by atoms with Gasteiger partial charge < -0.3 is 5.73 Å². The van der Waals surface area contributed by atoms with Crippen LogP contribution in [0.1, 0.15) is 13.8 Å². The zero-order valence-electron chi connectivity index (χ0n) is 9.25. The van der Waals surface area contributed by atoms with E-state index in [-0.39, 0.29) is 17.4 Å². The number of aromatic nitrogens is 2. The Morgan fingerprint density at radius 1 is 1.62 bits per heavy atom. The van der Waals surface area contributed by atoms with Gasteiger partial charge in [-0.3, -0.25) is 4.52 Å². The number of anilines is 1. The first-order valence-corrected chi connectivity index (χ1v) is 6.75. The highest BCUT2D eigenvalue weighted by Gasteiger charge is 2.44. The molecule has 1 aliphatic heterocycles. The second kappa shape index (κ2) is 3.34. The summed E-state index contributed by atoms with van der Waals surface area (Å²) in [5, 5.41) is 5.56. The molecule has 16 heavy (non-hydrogen) atoms.